The highest BCUT2D eigenvalue weighted by Gasteiger charge is 2.35. The number of carboxylic acid groups (broad SMARTS) is 1. The van der Waals surface area contributed by atoms with Crippen molar-refractivity contribution in [2.75, 3.05) is 13.1 Å². The average molecular weight is 308 g/mol. The number of hydrogen-bond acceptors (Lipinski definition) is 4. The Morgan fingerprint density at radius 3 is 2.30 bits per heavy atom. The highest BCUT2D eigenvalue weighted by atomic mass is 32.2. The first-order valence-electron chi connectivity index (χ1n) is 6.83. The average Bonchev–Trinajstić information content (AvgIpc) is 2.33. The van der Waals surface area contributed by atoms with Gasteiger partial charge in [-0.25, -0.2) is 0 Å². The second-order valence-corrected chi connectivity index (χ2v) is 7.10. The van der Waals surface area contributed by atoms with Crippen LogP contribution in [-0.2, 0) is 19.7 Å². The van der Waals surface area contributed by atoms with Crippen LogP contribution < -0.4 is 4.72 Å². The summed E-state index contributed by atoms with van der Waals surface area (Å²) in [5.41, 5.74) is 0. The van der Waals surface area contributed by atoms with Crippen molar-refractivity contribution in [2.24, 2.45) is 5.92 Å². The summed E-state index contributed by atoms with van der Waals surface area (Å²) < 4.78 is 33.6. The zero-order valence-corrected chi connectivity index (χ0v) is 13.2. The largest absolute Gasteiger partial charge is 0.480 e. The summed E-state index contributed by atoms with van der Waals surface area (Å²) in [6.45, 7) is 7.59. The standard InChI is InChI=1S/C12H24N2O5S/c1-5-8(2)11(12(15)16)13-20(17,18)14-6-9(3)19-10(4)7-14/h8-11,13H,5-7H2,1-4H3,(H,15,16). The van der Waals surface area contributed by atoms with Crippen molar-refractivity contribution < 1.29 is 23.1 Å². The highest BCUT2D eigenvalue weighted by Crippen LogP contribution is 2.16. The zero-order valence-electron chi connectivity index (χ0n) is 12.4. The number of ether oxygens (including phenoxy) is 1. The molecule has 1 aliphatic heterocycles. The third-order valence-electron chi connectivity index (χ3n) is 3.48. The molecule has 1 fully saturated rings. The summed E-state index contributed by atoms with van der Waals surface area (Å²) in [6.07, 6.45) is 0.166. The van der Waals surface area contributed by atoms with Crippen LogP contribution in [0.5, 0.6) is 0 Å². The molecule has 4 unspecified atom stereocenters. The molecule has 1 heterocycles. The Kier molecular flexibility index (Phi) is 5.93. The molecule has 7 nitrogen and oxygen atoms in total. The maximum Gasteiger partial charge on any atom is 0.322 e. The van der Waals surface area contributed by atoms with Gasteiger partial charge >= 0.3 is 5.97 Å². The van der Waals surface area contributed by atoms with Gasteiger partial charge in [0, 0.05) is 13.1 Å². The first kappa shape index (κ1) is 17.4. The van der Waals surface area contributed by atoms with Crippen LogP contribution in [0.2, 0.25) is 0 Å². The fourth-order valence-electron chi connectivity index (χ4n) is 2.21. The summed E-state index contributed by atoms with van der Waals surface area (Å²) >= 11 is 0. The van der Waals surface area contributed by atoms with E-state index in [2.05, 4.69) is 4.72 Å². The molecule has 0 bridgehead atoms. The lowest BCUT2D eigenvalue weighted by Crippen LogP contribution is -2.56. The number of aliphatic carboxylic acids is 1. The summed E-state index contributed by atoms with van der Waals surface area (Å²) in [6, 6.07) is -1.11. The predicted molar refractivity (Wildman–Crippen MR) is 74.5 cm³/mol. The molecule has 0 aliphatic carbocycles. The first-order valence-corrected chi connectivity index (χ1v) is 8.27. The van der Waals surface area contributed by atoms with E-state index in [1.54, 1.807) is 20.8 Å². The molecule has 0 radical (unpaired) electrons. The molecule has 118 valence electrons. The van der Waals surface area contributed by atoms with Gasteiger partial charge < -0.3 is 9.84 Å². The van der Waals surface area contributed by atoms with Gasteiger partial charge in [-0.15, -0.1) is 0 Å². The molecule has 0 spiro atoms. The van der Waals surface area contributed by atoms with Gasteiger partial charge in [0.05, 0.1) is 12.2 Å². The van der Waals surface area contributed by atoms with Crippen molar-refractivity contribution in [3.63, 3.8) is 0 Å². The summed E-state index contributed by atoms with van der Waals surface area (Å²) in [7, 11) is -3.83. The van der Waals surface area contributed by atoms with Gasteiger partial charge in [-0.1, -0.05) is 20.3 Å². The molecule has 0 aromatic heterocycles. The SMILES string of the molecule is CCC(C)C(NS(=O)(=O)N1CC(C)OC(C)C1)C(=O)O. The zero-order chi connectivity index (χ0) is 15.5. The van der Waals surface area contributed by atoms with Gasteiger partial charge in [-0.3, -0.25) is 4.79 Å². The molecule has 0 saturated carbocycles. The molecule has 0 amide bonds. The Labute approximate surface area is 120 Å². The van der Waals surface area contributed by atoms with E-state index in [4.69, 9.17) is 4.74 Å². The Morgan fingerprint density at radius 1 is 1.40 bits per heavy atom. The molecule has 2 N–H and O–H groups in total. The molecule has 0 aromatic carbocycles. The van der Waals surface area contributed by atoms with Gasteiger partial charge in [0.15, 0.2) is 0 Å². The molecule has 0 aromatic rings. The summed E-state index contributed by atoms with van der Waals surface area (Å²) in [5, 5.41) is 9.17. The van der Waals surface area contributed by atoms with Crippen LogP contribution in [-0.4, -0.2) is 55.1 Å². The normalized spacial score (nSPS) is 28.0. The molecule has 1 rings (SSSR count). The van der Waals surface area contributed by atoms with E-state index in [1.807, 2.05) is 6.92 Å². The van der Waals surface area contributed by atoms with E-state index in [-0.39, 0.29) is 31.2 Å². The lowest BCUT2D eigenvalue weighted by Gasteiger charge is -2.35. The smallest absolute Gasteiger partial charge is 0.322 e. The quantitative estimate of drug-likeness (QED) is 0.742. The topological polar surface area (TPSA) is 95.9 Å². The number of carboxylic acids is 1. The third kappa shape index (κ3) is 4.41. The molecule has 20 heavy (non-hydrogen) atoms. The van der Waals surface area contributed by atoms with Gasteiger partial charge in [-0.05, 0) is 19.8 Å². The molecule has 4 atom stereocenters. The van der Waals surface area contributed by atoms with Gasteiger partial charge in [0.1, 0.15) is 6.04 Å². The van der Waals surface area contributed by atoms with Crippen LogP contribution >= 0.6 is 0 Å². The lowest BCUT2D eigenvalue weighted by atomic mass is 10.0. The summed E-state index contributed by atoms with van der Waals surface area (Å²) in [5.74, 6) is -1.43. The molecule has 1 aliphatic rings. The van der Waals surface area contributed by atoms with E-state index >= 15 is 0 Å². The number of rotatable bonds is 6. The molecular weight excluding hydrogens is 284 g/mol. The Bertz CT molecular complexity index is 429. The molecule has 1 saturated heterocycles. The third-order valence-corrected chi connectivity index (χ3v) is 5.01. The maximum atomic E-state index is 12.3. The molecule has 8 heteroatoms. The number of hydrogen-bond donors (Lipinski definition) is 2. The van der Waals surface area contributed by atoms with Crippen molar-refractivity contribution in [3.8, 4) is 0 Å². The van der Waals surface area contributed by atoms with Crippen molar-refractivity contribution in [3.05, 3.63) is 0 Å². The van der Waals surface area contributed by atoms with E-state index in [0.717, 1.165) is 0 Å². The minimum Gasteiger partial charge on any atom is -0.480 e. The fraction of sp³-hybridized carbons (Fsp3) is 0.917. The van der Waals surface area contributed by atoms with Gasteiger partial charge in [0.2, 0.25) is 0 Å². The fourth-order valence-corrected chi connectivity index (χ4v) is 3.82. The van der Waals surface area contributed by atoms with Crippen LogP contribution in [0.4, 0.5) is 0 Å². The van der Waals surface area contributed by atoms with Crippen molar-refractivity contribution in [1.82, 2.24) is 9.03 Å². The van der Waals surface area contributed by atoms with Gasteiger partial charge in [-0.2, -0.15) is 17.4 Å². The van der Waals surface area contributed by atoms with Crippen LogP contribution in [0.3, 0.4) is 0 Å². The second-order valence-electron chi connectivity index (χ2n) is 5.40. The predicted octanol–water partition coefficient (Wildman–Crippen LogP) is 0.429. The number of carbonyl (C=O) groups is 1. The van der Waals surface area contributed by atoms with Crippen LogP contribution in [0.25, 0.3) is 0 Å². The number of morpholine rings is 1. The van der Waals surface area contributed by atoms with E-state index < -0.39 is 22.2 Å². The maximum absolute atomic E-state index is 12.3. The Balaban J connectivity index is 2.84. The number of nitrogens with zero attached hydrogens (tertiary/aromatic N) is 1. The first-order chi connectivity index (χ1) is 9.17. The lowest BCUT2D eigenvalue weighted by molar-refractivity contribution is -0.140. The van der Waals surface area contributed by atoms with E-state index in [1.165, 1.54) is 4.31 Å². The van der Waals surface area contributed by atoms with Crippen molar-refractivity contribution in [1.29, 1.82) is 0 Å². The minimum atomic E-state index is -3.83. The summed E-state index contributed by atoms with van der Waals surface area (Å²) in [4.78, 5) is 11.2. The highest BCUT2D eigenvalue weighted by molar-refractivity contribution is 7.87. The Morgan fingerprint density at radius 2 is 1.90 bits per heavy atom. The second kappa shape index (κ2) is 6.84. The van der Waals surface area contributed by atoms with Crippen LogP contribution in [0, 0.1) is 5.92 Å². The van der Waals surface area contributed by atoms with Crippen LogP contribution in [0.15, 0.2) is 0 Å². The van der Waals surface area contributed by atoms with Crippen LogP contribution in [0.1, 0.15) is 34.1 Å². The van der Waals surface area contributed by atoms with Crippen molar-refractivity contribution in [2.45, 2.75) is 52.4 Å². The Hall–Kier alpha value is -0.700. The molecular formula is C12H24N2O5S. The monoisotopic (exact) mass is 308 g/mol. The van der Waals surface area contributed by atoms with E-state index in [0.29, 0.717) is 6.42 Å². The van der Waals surface area contributed by atoms with E-state index in [9.17, 15) is 18.3 Å². The van der Waals surface area contributed by atoms with Crippen molar-refractivity contribution >= 4 is 16.2 Å². The number of nitrogens with one attached hydrogen (secondary N) is 1. The minimum absolute atomic E-state index is 0.206. The van der Waals surface area contributed by atoms with Gasteiger partial charge in [0.25, 0.3) is 10.2 Å².